The van der Waals surface area contributed by atoms with Gasteiger partial charge in [-0.2, -0.15) is 8.42 Å². The van der Waals surface area contributed by atoms with Gasteiger partial charge in [0, 0.05) is 31.9 Å². The van der Waals surface area contributed by atoms with Crippen molar-refractivity contribution in [3.63, 3.8) is 0 Å². The lowest BCUT2D eigenvalue weighted by Crippen LogP contribution is -2.31. The SMILES string of the molecule is COCCCN1C(=O)/C(=C\c2ccc(O)cc2O)SC1=NS(=O)(=O)c1ccccc1. The number of sulfonamides is 1. The minimum absolute atomic E-state index is 0.0241. The molecule has 0 unspecified atom stereocenters. The van der Waals surface area contributed by atoms with E-state index in [0.717, 1.165) is 17.8 Å². The van der Waals surface area contributed by atoms with E-state index < -0.39 is 15.9 Å². The maximum Gasteiger partial charge on any atom is 0.284 e. The Hall–Kier alpha value is -2.82. The molecule has 0 aliphatic carbocycles. The molecule has 8 nitrogen and oxygen atoms in total. The van der Waals surface area contributed by atoms with Crippen molar-refractivity contribution in [2.75, 3.05) is 20.3 Å². The summed E-state index contributed by atoms with van der Waals surface area (Å²) >= 11 is 0.908. The van der Waals surface area contributed by atoms with Crippen LogP contribution in [-0.4, -0.2) is 54.9 Å². The number of benzene rings is 2. The predicted molar refractivity (Wildman–Crippen MR) is 115 cm³/mol. The second-order valence-electron chi connectivity index (χ2n) is 6.32. The molecule has 158 valence electrons. The van der Waals surface area contributed by atoms with Gasteiger partial charge in [-0.15, -0.1) is 4.40 Å². The number of amidine groups is 1. The standard InChI is InChI=1S/C20H20N2O6S2/c1-28-11-5-10-22-19(25)18(12-14-8-9-15(23)13-17(14)24)29-20(22)21-30(26,27)16-6-3-2-4-7-16/h2-4,6-9,12-13,23-24H,5,10-11H2,1H3/b18-12+,21-20?. The second-order valence-corrected chi connectivity index (χ2v) is 8.93. The highest BCUT2D eigenvalue weighted by molar-refractivity contribution is 8.19. The van der Waals surface area contributed by atoms with Gasteiger partial charge < -0.3 is 14.9 Å². The van der Waals surface area contributed by atoms with E-state index >= 15 is 0 Å². The van der Waals surface area contributed by atoms with Crippen molar-refractivity contribution in [3.8, 4) is 11.5 Å². The summed E-state index contributed by atoms with van der Waals surface area (Å²) in [5.74, 6) is -0.743. The number of hydrogen-bond acceptors (Lipinski definition) is 7. The van der Waals surface area contributed by atoms with Crippen LogP contribution in [0.15, 0.2) is 62.7 Å². The number of phenols is 2. The number of nitrogens with zero attached hydrogens (tertiary/aromatic N) is 2. The molecular weight excluding hydrogens is 428 g/mol. The molecule has 10 heteroatoms. The summed E-state index contributed by atoms with van der Waals surface area (Å²) in [6.07, 6.45) is 1.92. The summed E-state index contributed by atoms with van der Waals surface area (Å²) in [6, 6.07) is 11.7. The molecule has 1 heterocycles. The summed E-state index contributed by atoms with van der Waals surface area (Å²) in [4.78, 5) is 14.4. The summed E-state index contributed by atoms with van der Waals surface area (Å²) in [6.45, 7) is 0.618. The Morgan fingerprint density at radius 3 is 2.57 bits per heavy atom. The van der Waals surface area contributed by atoms with Crippen LogP contribution in [0.3, 0.4) is 0 Å². The first-order valence-corrected chi connectivity index (χ1v) is 11.2. The molecule has 0 aromatic heterocycles. The second kappa shape index (κ2) is 9.33. The van der Waals surface area contributed by atoms with Crippen LogP contribution in [0, 0.1) is 0 Å². The largest absolute Gasteiger partial charge is 0.508 e. The lowest BCUT2D eigenvalue weighted by molar-refractivity contribution is -0.122. The Bertz CT molecular complexity index is 1100. The fourth-order valence-corrected chi connectivity index (χ4v) is 4.90. The molecule has 1 saturated heterocycles. The van der Waals surface area contributed by atoms with Crippen LogP contribution in [0.4, 0.5) is 0 Å². The minimum atomic E-state index is -4.01. The van der Waals surface area contributed by atoms with Crippen molar-refractivity contribution in [2.24, 2.45) is 4.40 Å². The zero-order valence-electron chi connectivity index (χ0n) is 16.1. The first-order chi connectivity index (χ1) is 14.3. The number of hydrogen-bond donors (Lipinski definition) is 2. The van der Waals surface area contributed by atoms with Crippen molar-refractivity contribution < 1.29 is 28.2 Å². The van der Waals surface area contributed by atoms with Crippen molar-refractivity contribution in [2.45, 2.75) is 11.3 Å². The zero-order valence-corrected chi connectivity index (χ0v) is 17.7. The lowest BCUT2D eigenvalue weighted by Gasteiger charge is -2.15. The van der Waals surface area contributed by atoms with Crippen LogP contribution in [0.2, 0.25) is 0 Å². The van der Waals surface area contributed by atoms with E-state index in [1.807, 2.05) is 0 Å². The molecule has 0 bridgehead atoms. The molecule has 1 fully saturated rings. The highest BCUT2D eigenvalue weighted by atomic mass is 32.2. The van der Waals surface area contributed by atoms with Crippen LogP contribution < -0.4 is 0 Å². The quantitative estimate of drug-likeness (QED) is 0.494. The molecule has 3 rings (SSSR count). The molecular formula is C20H20N2O6S2. The first-order valence-electron chi connectivity index (χ1n) is 8.94. The van der Waals surface area contributed by atoms with E-state index in [2.05, 4.69) is 4.40 Å². The zero-order chi connectivity index (χ0) is 21.7. The number of rotatable bonds is 7. The number of ether oxygens (including phenoxy) is 1. The average Bonchev–Trinajstić information content (AvgIpc) is 2.99. The van der Waals surface area contributed by atoms with Gasteiger partial charge in [-0.25, -0.2) is 0 Å². The number of amides is 1. The number of thioether (sulfide) groups is 1. The lowest BCUT2D eigenvalue weighted by atomic mass is 10.1. The minimum Gasteiger partial charge on any atom is -0.508 e. The van der Waals surface area contributed by atoms with E-state index in [1.165, 1.54) is 42.4 Å². The van der Waals surface area contributed by atoms with Crippen LogP contribution in [0.5, 0.6) is 11.5 Å². The van der Waals surface area contributed by atoms with Crippen LogP contribution in [0.1, 0.15) is 12.0 Å². The Morgan fingerprint density at radius 2 is 1.90 bits per heavy atom. The fraction of sp³-hybridized carbons (Fsp3) is 0.200. The Morgan fingerprint density at radius 1 is 1.17 bits per heavy atom. The summed E-state index contributed by atoms with van der Waals surface area (Å²) in [5.41, 5.74) is 0.313. The van der Waals surface area contributed by atoms with Gasteiger partial charge in [-0.05, 0) is 48.5 Å². The topological polar surface area (TPSA) is 116 Å². The Labute approximate surface area is 178 Å². The van der Waals surface area contributed by atoms with Gasteiger partial charge in [0.25, 0.3) is 15.9 Å². The van der Waals surface area contributed by atoms with Gasteiger partial charge in [-0.3, -0.25) is 9.69 Å². The van der Waals surface area contributed by atoms with Crippen molar-refractivity contribution in [1.29, 1.82) is 0 Å². The molecule has 1 amide bonds. The summed E-state index contributed by atoms with van der Waals surface area (Å²) in [7, 11) is -2.47. The highest BCUT2D eigenvalue weighted by Gasteiger charge is 2.35. The van der Waals surface area contributed by atoms with Crippen molar-refractivity contribution in [3.05, 3.63) is 59.0 Å². The van der Waals surface area contributed by atoms with Gasteiger partial charge in [-0.1, -0.05) is 18.2 Å². The van der Waals surface area contributed by atoms with Crippen LogP contribution in [-0.2, 0) is 19.6 Å². The molecule has 0 radical (unpaired) electrons. The monoisotopic (exact) mass is 448 g/mol. The number of carbonyl (C=O) groups excluding carboxylic acids is 1. The van der Waals surface area contributed by atoms with Crippen LogP contribution >= 0.6 is 11.8 Å². The van der Waals surface area contributed by atoms with Gasteiger partial charge in [0.15, 0.2) is 5.17 Å². The number of phenolic OH excluding ortho intramolecular Hbond substituents is 2. The molecule has 0 saturated carbocycles. The number of methoxy groups -OCH3 is 1. The van der Waals surface area contributed by atoms with E-state index in [-0.39, 0.29) is 33.0 Å². The molecule has 1 aliphatic rings. The van der Waals surface area contributed by atoms with E-state index in [9.17, 15) is 23.4 Å². The normalized spacial score (nSPS) is 17.2. The smallest absolute Gasteiger partial charge is 0.284 e. The Kier molecular flexibility index (Phi) is 6.80. The maximum absolute atomic E-state index is 12.9. The summed E-state index contributed by atoms with van der Waals surface area (Å²) < 4.78 is 34.3. The third-order valence-electron chi connectivity index (χ3n) is 4.16. The maximum atomic E-state index is 12.9. The Balaban J connectivity index is 1.98. The molecule has 1 aliphatic heterocycles. The van der Waals surface area contributed by atoms with E-state index in [0.29, 0.717) is 18.6 Å². The van der Waals surface area contributed by atoms with Gasteiger partial charge in [0.1, 0.15) is 11.5 Å². The van der Waals surface area contributed by atoms with E-state index in [4.69, 9.17) is 4.74 Å². The van der Waals surface area contributed by atoms with Gasteiger partial charge >= 0.3 is 0 Å². The average molecular weight is 449 g/mol. The predicted octanol–water partition coefficient (Wildman–Crippen LogP) is 2.80. The fourth-order valence-electron chi connectivity index (χ4n) is 2.68. The van der Waals surface area contributed by atoms with Gasteiger partial charge in [0.2, 0.25) is 0 Å². The van der Waals surface area contributed by atoms with Crippen molar-refractivity contribution in [1.82, 2.24) is 4.90 Å². The molecule has 2 aromatic rings. The van der Waals surface area contributed by atoms with E-state index in [1.54, 1.807) is 18.2 Å². The molecule has 0 atom stereocenters. The number of aromatic hydroxyl groups is 2. The third kappa shape index (κ3) is 5.02. The number of carbonyl (C=O) groups is 1. The summed E-state index contributed by atoms with van der Waals surface area (Å²) in [5, 5.41) is 19.5. The van der Waals surface area contributed by atoms with Crippen molar-refractivity contribution >= 4 is 38.9 Å². The molecule has 0 spiro atoms. The van der Waals surface area contributed by atoms with Gasteiger partial charge in [0.05, 0.1) is 9.80 Å². The first kappa shape index (κ1) is 21.9. The van der Waals surface area contributed by atoms with Crippen LogP contribution in [0.25, 0.3) is 6.08 Å². The highest BCUT2D eigenvalue weighted by Crippen LogP contribution is 2.35. The molecule has 2 aromatic carbocycles. The third-order valence-corrected chi connectivity index (χ3v) is 6.56. The molecule has 2 N–H and O–H groups in total. The molecule has 30 heavy (non-hydrogen) atoms.